The number of ether oxygens (including phenoxy) is 1. The average Bonchev–Trinajstić information content (AvgIpc) is 3.39. The molecule has 1 aromatic carbocycles. The molecule has 3 saturated carbocycles. The van der Waals surface area contributed by atoms with E-state index >= 15 is 0 Å². The van der Waals surface area contributed by atoms with E-state index in [1.807, 2.05) is 6.07 Å². The number of Topliss-reactive ketones (excluding diaryl/α,β-unsaturated/α-hetero) is 1. The van der Waals surface area contributed by atoms with Crippen LogP contribution in [-0.2, 0) is 16.6 Å². The number of phenols is 1. The number of ketones is 1. The van der Waals surface area contributed by atoms with E-state index in [0.717, 1.165) is 30.7 Å². The van der Waals surface area contributed by atoms with Gasteiger partial charge in [0.25, 0.3) is 0 Å². The van der Waals surface area contributed by atoms with Crippen molar-refractivity contribution in [2.24, 2.45) is 17.8 Å². The highest BCUT2D eigenvalue weighted by atomic mass is 16.5. The van der Waals surface area contributed by atoms with Gasteiger partial charge in [0.15, 0.2) is 23.4 Å². The molecule has 27 heavy (non-hydrogen) atoms. The minimum absolute atomic E-state index is 0.0917. The maximum absolute atomic E-state index is 12.8. The van der Waals surface area contributed by atoms with Crippen LogP contribution in [0.25, 0.3) is 0 Å². The fourth-order valence-electron chi connectivity index (χ4n) is 7.18. The normalized spacial score (nSPS) is 41.2. The molecule has 0 radical (unpaired) electrons. The van der Waals surface area contributed by atoms with Gasteiger partial charge in [0.1, 0.15) is 0 Å². The summed E-state index contributed by atoms with van der Waals surface area (Å²) in [6.07, 6.45) is 9.62. The standard InChI is InChI=1S/C23H28O4/c24-17-7-6-15-12-16-14(3-1-2-13-4-5-13)8-10-22-19(15)20(17)27-21(22)18(25)9-11-23(16,22)26/h6-7,13-14,16,21,24,26H,1-5,8-12H2. The van der Waals surface area contributed by atoms with Gasteiger partial charge in [-0.1, -0.05) is 38.2 Å². The van der Waals surface area contributed by atoms with E-state index in [-0.39, 0.29) is 17.5 Å². The Morgan fingerprint density at radius 1 is 1.15 bits per heavy atom. The van der Waals surface area contributed by atoms with Crippen molar-refractivity contribution in [2.75, 3.05) is 0 Å². The maximum atomic E-state index is 12.8. The van der Waals surface area contributed by atoms with Gasteiger partial charge >= 0.3 is 0 Å². The fraction of sp³-hybridized carbons (Fsp3) is 0.696. The number of phenolic OH excluding ortho intramolecular Hbond substituents is 1. The van der Waals surface area contributed by atoms with Gasteiger partial charge in [-0.25, -0.2) is 0 Å². The third-order valence-electron chi connectivity index (χ3n) is 8.59. The van der Waals surface area contributed by atoms with Crippen LogP contribution < -0.4 is 4.74 Å². The zero-order valence-corrected chi connectivity index (χ0v) is 15.7. The lowest BCUT2D eigenvalue weighted by molar-refractivity contribution is -0.189. The summed E-state index contributed by atoms with van der Waals surface area (Å²) in [6, 6.07) is 3.70. The van der Waals surface area contributed by atoms with Crippen LogP contribution in [0.5, 0.6) is 11.5 Å². The molecule has 2 N–H and O–H groups in total. The first-order valence-corrected chi connectivity index (χ1v) is 10.8. The summed E-state index contributed by atoms with van der Waals surface area (Å²) in [4.78, 5) is 12.8. The average molecular weight is 368 g/mol. The maximum Gasteiger partial charge on any atom is 0.174 e. The van der Waals surface area contributed by atoms with Gasteiger partial charge < -0.3 is 14.9 Å². The van der Waals surface area contributed by atoms with Crippen molar-refractivity contribution in [2.45, 2.75) is 81.3 Å². The Morgan fingerprint density at radius 2 is 2.00 bits per heavy atom. The lowest BCUT2D eigenvalue weighted by atomic mass is 9.43. The summed E-state index contributed by atoms with van der Waals surface area (Å²) < 4.78 is 6.08. The van der Waals surface area contributed by atoms with Crippen molar-refractivity contribution in [3.8, 4) is 11.5 Å². The molecule has 0 amide bonds. The van der Waals surface area contributed by atoms with E-state index in [9.17, 15) is 15.0 Å². The second-order valence-electron chi connectivity index (χ2n) is 9.79. The van der Waals surface area contributed by atoms with Crippen molar-refractivity contribution in [3.63, 3.8) is 0 Å². The van der Waals surface area contributed by atoms with Gasteiger partial charge in [-0.3, -0.25) is 4.79 Å². The number of aromatic hydroxyl groups is 1. The highest BCUT2D eigenvalue weighted by Crippen LogP contribution is 2.68. The van der Waals surface area contributed by atoms with Crippen LogP contribution in [-0.4, -0.2) is 27.7 Å². The molecule has 3 fully saturated rings. The van der Waals surface area contributed by atoms with Crippen LogP contribution in [0.4, 0.5) is 0 Å². The third kappa shape index (κ3) is 1.95. The van der Waals surface area contributed by atoms with Crippen molar-refractivity contribution in [3.05, 3.63) is 23.3 Å². The smallest absolute Gasteiger partial charge is 0.174 e. The summed E-state index contributed by atoms with van der Waals surface area (Å²) in [5, 5.41) is 22.5. The molecule has 5 unspecified atom stereocenters. The minimum Gasteiger partial charge on any atom is -0.504 e. The summed E-state index contributed by atoms with van der Waals surface area (Å²) in [5.74, 6) is 2.36. The first-order valence-electron chi connectivity index (χ1n) is 10.8. The molecular weight excluding hydrogens is 340 g/mol. The highest BCUT2D eigenvalue weighted by molar-refractivity contribution is 5.89. The fourth-order valence-corrected chi connectivity index (χ4v) is 7.18. The Morgan fingerprint density at radius 3 is 2.81 bits per heavy atom. The molecule has 4 heteroatoms. The lowest BCUT2D eigenvalue weighted by Crippen LogP contribution is -2.71. The third-order valence-corrected chi connectivity index (χ3v) is 8.59. The Labute approximate surface area is 159 Å². The number of rotatable bonds is 4. The van der Waals surface area contributed by atoms with E-state index < -0.39 is 17.1 Å². The molecule has 144 valence electrons. The van der Waals surface area contributed by atoms with Crippen LogP contribution in [0.1, 0.15) is 68.9 Å². The molecule has 1 heterocycles. The topological polar surface area (TPSA) is 66.8 Å². The van der Waals surface area contributed by atoms with Crippen molar-refractivity contribution >= 4 is 5.78 Å². The molecule has 1 spiro atoms. The predicted molar refractivity (Wildman–Crippen MR) is 99.9 cm³/mol. The number of hydrogen-bond acceptors (Lipinski definition) is 4. The molecule has 4 aliphatic carbocycles. The van der Waals surface area contributed by atoms with Crippen LogP contribution in [0.3, 0.4) is 0 Å². The van der Waals surface area contributed by atoms with Crippen LogP contribution in [0.15, 0.2) is 12.1 Å². The van der Waals surface area contributed by atoms with Gasteiger partial charge in [-0.05, 0) is 55.1 Å². The Bertz CT molecular complexity index is 828. The van der Waals surface area contributed by atoms with Gasteiger partial charge in [0, 0.05) is 12.0 Å². The molecule has 5 aliphatic rings. The first kappa shape index (κ1) is 16.4. The van der Waals surface area contributed by atoms with Gasteiger partial charge in [0.2, 0.25) is 0 Å². The molecule has 1 aliphatic heterocycles. The molecule has 0 aromatic heterocycles. The number of aliphatic hydroxyl groups is 1. The van der Waals surface area contributed by atoms with E-state index in [0.29, 0.717) is 24.5 Å². The lowest BCUT2D eigenvalue weighted by Gasteiger charge is -2.61. The Kier molecular flexibility index (Phi) is 3.21. The number of benzene rings is 1. The quantitative estimate of drug-likeness (QED) is 0.851. The zero-order chi connectivity index (χ0) is 18.4. The summed E-state index contributed by atoms with van der Waals surface area (Å²) in [6.45, 7) is 0. The first-order chi connectivity index (χ1) is 13.0. The Hall–Kier alpha value is -1.55. The second kappa shape index (κ2) is 5.28. The molecule has 5 atom stereocenters. The van der Waals surface area contributed by atoms with E-state index in [1.165, 1.54) is 37.7 Å². The summed E-state index contributed by atoms with van der Waals surface area (Å²) in [7, 11) is 0. The van der Waals surface area contributed by atoms with E-state index in [2.05, 4.69) is 0 Å². The van der Waals surface area contributed by atoms with Crippen molar-refractivity contribution in [1.82, 2.24) is 0 Å². The monoisotopic (exact) mass is 368 g/mol. The van der Waals surface area contributed by atoms with Crippen molar-refractivity contribution < 1.29 is 19.7 Å². The summed E-state index contributed by atoms with van der Waals surface area (Å²) in [5.41, 5.74) is 0.624. The Balaban J connectivity index is 1.44. The van der Waals surface area contributed by atoms with E-state index in [1.54, 1.807) is 6.07 Å². The predicted octanol–water partition coefficient (Wildman–Crippen LogP) is 3.65. The highest BCUT2D eigenvalue weighted by Gasteiger charge is 2.72. The van der Waals surface area contributed by atoms with Crippen molar-refractivity contribution in [1.29, 1.82) is 0 Å². The second-order valence-corrected chi connectivity index (χ2v) is 9.79. The number of hydrogen-bond donors (Lipinski definition) is 2. The number of carbonyl (C=O) groups excluding carboxylic acids is 1. The largest absolute Gasteiger partial charge is 0.504 e. The SMILES string of the molecule is O=C1CCC2(O)C3Cc4ccc(O)c5c4C2(CCC3CCCC2CC2)C1O5. The zero-order valence-electron chi connectivity index (χ0n) is 15.7. The molecule has 1 aromatic rings. The molecule has 0 saturated heterocycles. The number of carbonyl (C=O) groups is 1. The van der Waals surface area contributed by atoms with Crippen LogP contribution >= 0.6 is 0 Å². The van der Waals surface area contributed by atoms with Gasteiger partial charge in [-0.15, -0.1) is 0 Å². The van der Waals surface area contributed by atoms with Gasteiger partial charge in [-0.2, -0.15) is 0 Å². The molecular formula is C23H28O4. The molecule has 6 rings (SSSR count). The molecule has 4 nitrogen and oxygen atoms in total. The van der Waals surface area contributed by atoms with E-state index in [4.69, 9.17) is 4.74 Å². The molecule has 2 bridgehead atoms. The van der Waals surface area contributed by atoms with Gasteiger partial charge in [0.05, 0.1) is 11.0 Å². The van der Waals surface area contributed by atoms with Crippen LogP contribution in [0.2, 0.25) is 0 Å². The van der Waals surface area contributed by atoms with Crippen LogP contribution in [0, 0.1) is 17.8 Å². The summed E-state index contributed by atoms with van der Waals surface area (Å²) >= 11 is 0. The minimum atomic E-state index is -0.875.